The normalized spacial score (nSPS) is 10.3. The number of nitrogens with one attached hydrogen (secondary N) is 2. The van der Waals surface area contributed by atoms with Gasteiger partial charge in [0, 0.05) is 6.92 Å². The molecule has 2 heterocycles. The first-order chi connectivity index (χ1) is 8.19. The van der Waals surface area contributed by atoms with Crippen molar-refractivity contribution in [3.8, 4) is 0 Å². The van der Waals surface area contributed by atoms with Crippen LogP contribution in [0.1, 0.15) is 11.7 Å². The molecule has 90 valence electrons. The van der Waals surface area contributed by atoms with Crippen LogP contribution in [0.3, 0.4) is 0 Å². The molecule has 2 aromatic heterocycles. The van der Waals surface area contributed by atoms with Gasteiger partial charge >= 0.3 is 0 Å². The first kappa shape index (κ1) is 11.6. The molecule has 0 aliphatic heterocycles. The number of hydrazine groups is 1. The predicted molar refractivity (Wildman–Crippen MR) is 61.2 cm³/mol. The Hall–Kier alpha value is -1.93. The van der Waals surface area contributed by atoms with Crippen LogP contribution < -0.4 is 16.6 Å². The minimum atomic E-state index is 0.265. The van der Waals surface area contributed by atoms with Gasteiger partial charge < -0.3 is 9.84 Å². The SMILES string of the molecule is Cc1nc(CNc2nc(NN)ncc2Cl)no1. The van der Waals surface area contributed by atoms with Crippen molar-refractivity contribution < 1.29 is 4.52 Å². The number of hydrogen-bond donors (Lipinski definition) is 3. The van der Waals surface area contributed by atoms with E-state index in [0.29, 0.717) is 29.1 Å². The highest BCUT2D eigenvalue weighted by Crippen LogP contribution is 2.19. The van der Waals surface area contributed by atoms with Crippen molar-refractivity contribution in [3.05, 3.63) is 22.9 Å². The van der Waals surface area contributed by atoms with E-state index in [2.05, 4.69) is 30.9 Å². The second kappa shape index (κ2) is 4.93. The summed E-state index contributed by atoms with van der Waals surface area (Å²) in [6.07, 6.45) is 1.44. The van der Waals surface area contributed by atoms with Crippen molar-refractivity contribution in [2.45, 2.75) is 13.5 Å². The number of hydrogen-bond acceptors (Lipinski definition) is 8. The largest absolute Gasteiger partial charge is 0.361 e. The highest BCUT2D eigenvalue weighted by atomic mass is 35.5. The van der Waals surface area contributed by atoms with Crippen LogP contribution >= 0.6 is 11.6 Å². The second-order valence-corrected chi connectivity index (χ2v) is 3.52. The molecule has 0 aromatic carbocycles. The minimum absolute atomic E-state index is 0.265. The lowest BCUT2D eigenvalue weighted by Crippen LogP contribution is -2.12. The molecule has 0 radical (unpaired) electrons. The maximum atomic E-state index is 5.90. The number of nitrogens with zero attached hydrogens (tertiary/aromatic N) is 4. The Bertz CT molecular complexity index is 514. The molecular formula is C8H10ClN7O. The van der Waals surface area contributed by atoms with E-state index in [4.69, 9.17) is 22.0 Å². The third-order valence-corrected chi connectivity index (χ3v) is 2.13. The van der Waals surface area contributed by atoms with Crippen LogP contribution in [0.15, 0.2) is 10.7 Å². The fraction of sp³-hybridized carbons (Fsp3) is 0.250. The number of halogens is 1. The van der Waals surface area contributed by atoms with Crippen molar-refractivity contribution in [3.63, 3.8) is 0 Å². The Labute approximate surface area is 102 Å². The van der Waals surface area contributed by atoms with Gasteiger partial charge in [0.1, 0.15) is 5.02 Å². The Morgan fingerprint density at radius 2 is 2.29 bits per heavy atom. The topological polar surface area (TPSA) is 115 Å². The monoisotopic (exact) mass is 255 g/mol. The van der Waals surface area contributed by atoms with Crippen LogP contribution in [-0.4, -0.2) is 20.1 Å². The van der Waals surface area contributed by atoms with E-state index in [1.165, 1.54) is 6.20 Å². The van der Waals surface area contributed by atoms with Crippen molar-refractivity contribution in [2.24, 2.45) is 5.84 Å². The Balaban J connectivity index is 2.07. The first-order valence-corrected chi connectivity index (χ1v) is 5.09. The summed E-state index contributed by atoms with van der Waals surface area (Å²) in [5.41, 5.74) is 2.33. The van der Waals surface area contributed by atoms with Crippen LogP contribution in [0, 0.1) is 6.92 Å². The van der Waals surface area contributed by atoms with E-state index in [1.54, 1.807) is 6.92 Å². The molecule has 8 nitrogen and oxygen atoms in total. The highest BCUT2D eigenvalue weighted by Gasteiger charge is 2.07. The molecule has 0 saturated heterocycles. The van der Waals surface area contributed by atoms with Crippen LogP contribution in [0.25, 0.3) is 0 Å². The van der Waals surface area contributed by atoms with Crippen LogP contribution in [0.4, 0.5) is 11.8 Å². The number of nitrogen functional groups attached to an aromatic ring is 1. The lowest BCUT2D eigenvalue weighted by Gasteiger charge is -2.06. The molecule has 2 rings (SSSR count). The number of rotatable bonds is 4. The average molecular weight is 256 g/mol. The van der Waals surface area contributed by atoms with Gasteiger partial charge in [-0.05, 0) is 0 Å². The average Bonchev–Trinajstić information content (AvgIpc) is 2.74. The number of nitrogens with two attached hydrogens (primary N) is 1. The van der Waals surface area contributed by atoms with Crippen molar-refractivity contribution >= 4 is 23.4 Å². The number of aryl methyl sites for hydroxylation is 1. The van der Waals surface area contributed by atoms with Crippen LogP contribution in [0.2, 0.25) is 5.02 Å². The molecule has 0 saturated carbocycles. The fourth-order valence-corrected chi connectivity index (χ4v) is 1.29. The molecule has 0 aliphatic carbocycles. The van der Waals surface area contributed by atoms with Crippen molar-refractivity contribution in [1.82, 2.24) is 20.1 Å². The van der Waals surface area contributed by atoms with E-state index in [9.17, 15) is 0 Å². The van der Waals surface area contributed by atoms with Gasteiger partial charge in [0.15, 0.2) is 11.6 Å². The van der Waals surface area contributed by atoms with Gasteiger partial charge in [0.25, 0.3) is 0 Å². The highest BCUT2D eigenvalue weighted by molar-refractivity contribution is 6.32. The van der Waals surface area contributed by atoms with Gasteiger partial charge in [-0.1, -0.05) is 16.8 Å². The van der Waals surface area contributed by atoms with E-state index in [-0.39, 0.29) is 5.95 Å². The van der Waals surface area contributed by atoms with Crippen molar-refractivity contribution in [2.75, 3.05) is 10.7 Å². The minimum Gasteiger partial charge on any atom is -0.361 e. The maximum absolute atomic E-state index is 5.90. The molecule has 0 aliphatic rings. The summed E-state index contributed by atoms with van der Waals surface area (Å²) >= 11 is 5.90. The smallest absolute Gasteiger partial charge is 0.239 e. The summed E-state index contributed by atoms with van der Waals surface area (Å²) < 4.78 is 4.83. The fourth-order valence-electron chi connectivity index (χ4n) is 1.14. The number of aromatic nitrogens is 4. The third kappa shape index (κ3) is 2.80. The molecule has 17 heavy (non-hydrogen) atoms. The van der Waals surface area contributed by atoms with E-state index >= 15 is 0 Å². The van der Waals surface area contributed by atoms with Gasteiger partial charge in [0.05, 0.1) is 12.7 Å². The summed E-state index contributed by atoms with van der Waals surface area (Å²) in [6, 6.07) is 0. The first-order valence-electron chi connectivity index (χ1n) is 4.71. The summed E-state index contributed by atoms with van der Waals surface area (Å²) in [5, 5.41) is 7.06. The van der Waals surface area contributed by atoms with Crippen LogP contribution in [-0.2, 0) is 6.54 Å². The van der Waals surface area contributed by atoms with Gasteiger partial charge in [-0.2, -0.15) is 9.97 Å². The van der Waals surface area contributed by atoms with E-state index in [0.717, 1.165) is 0 Å². The molecule has 9 heteroatoms. The summed E-state index contributed by atoms with van der Waals surface area (Å²) in [4.78, 5) is 11.9. The van der Waals surface area contributed by atoms with Crippen molar-refractivity contribution in [1.29, 1.82) is 0 Å². The molecule has 0 unspecified atom stereocenters. The molecular weight excluding hydrogens is 246 g/mol. The second-order valence-electron chi connectivity index (χ2n) is 3.12. The summed E-state index contributed by atoms with van der Waals surface area (Å²) in [7, 11) is 0. The maximum Gasteiger partial charge on any atom is 0.239 e. The summed E-state index contributed by atoms with van der Waals surface area (Å²) in [6.45, 7) is 2.06. The zero-order valence-corrected chi connectivity index (χ0v) is 9.69. The zero-order chi connectivity index (χ0) is 12.3. The van der Waals surface area contributed by atoms with Gasteiger partial charge in [-0.3, -0.25) is 5.43 Å². The number of anilines is 2. The molecule has 2 aromatic rings. The van der Waals surface area contributed by atoms with Gasteiger partial charge in [0.2, 0.25) is 11.8 Å². The predicted octanol–water partition coefficient (Wildman–Crippen LogP) is 0.719. The molecule has 0 bridgehead atoms. The lowest BCUT2D eigenvalue weighted by atomic mass is 10.5. The van der Waals surface area contributed by atoms with Gasteiger partial charge in [-0.25, -0.2) is 10.8 Å². The lowest BCUT2D eigenvalue weighted by molar-refractivity contribution is 0.388. The standard InChI is InChI=1S/C8H10ClN7O/c1-4-13-6(16-17-4)3-11-7-5(9)2-12-8(14-7)15-10/h2H,3,10H2,1H3,(H2,11,12,14,15). The molecule has 0 amide bonds. The quantitative estimate of drug-likeness (QED) is 0.541. The summed E-state index contributed by atoms with van der Waals surface area (Å²) in [5.74, 6) is 6.91. The van der Waals surface area contributed by atoms with E-state index in [1.807, 2.05) is 0 Å². The zero-order valence-electron chi connectivity index (χ0n) is 8.94. The van der Waals surface area contributed by atoms with E-state index < -0.39 is 0 Å². The Kier molecular flexibility index (Phi) is 3.35. The van der Waals surface area contributed by atoms with Gasteiger partial charge in [-0.15, -0.1) is 0 Å². The molecule has 0 fully saturated rings. The molecule has 0 spiro atoms. The Morgan fingerprint density at radius 1 is 1.47 bits per heavy atom. The molecule has 4 N–H and O–H groups in total. The molecule has 0 atom stereocenters. The Morgan fingerprint density at radius 3 is 2.94 bits per heavy atom. The third-order valence-electron chi connectivity index (χ3n) is 1.86. The van der Waals surface area contributed by atoms with Crippen LogP contribution in [0.5, 0.6) is 0 Å².